The van der Waals surface area contributed by atoms with Crippen molar-refractivity contribution in [3.8, 4) is 0 Å². The van der Waals surface area contributed by atoms with E-state index in [0.717, 1.165) is 26.1 Å². The van der Waals surface area contributed by atoms with Crippen LogP contribution >= 0.6 is 0 Å². The lowest BCUT2D eigenvalue weighted by atomic mass is 10.2. The molecule has 0 bridgehead atoms. The Bertz CT molecular complexity index is 238. The van der Waals surface area contributed by atoms with Gasteiger partial charge in [-0.05, 0) is 37.5 Å². The number of aliphatic hydroxyl groups is 1. The van der Waals surface area contributed by atoms with Gasteiger partial charge in [0.15, 0.2) is 8.32 Å². The highest BCUT2D eigenvalue weighted by Crippen LogP contribution is 2.36. The van der Waals surface area contributed by atoms with E-state index >= 15 is 0 Å². The summed E-state index contributed by atoms with van der Waals surface area (Å²) in [6.07, 6.45) is 2.35. The number of hydrogen-bond donors (Lipinski definition) is 1. The second-order valence-corrected chi connectivity index (χ2v) is 11.4. The van der Waals surface area contributed by atoms with Crippen molar-refractivity contribution in [2.75, 3.05) is 26.3 Å². The van der Waals surface area contributed by atoms with E-state index in [0.29, 0.717) is 12.6 Å². The summed E-state index contributed by atoms with van der Waals surface area (Å²) in [6, 6.07) is 0.373. The van der Waals surface area contributed by atoms with Crippen LogP contribution in [-0.2, 0) is 4.43 Å². The molecule has 0 unspecified atom stereocenters. The third-order valence-corrected chi connectivity index (χ3v) is 8.90. The number of aliphatic hydroxyl groups excluding tert-OH is 1. The van der Waals surface area contributed by atoms with Gasteiger partial charge in [-0.1, -0.05) is 20.8 Å². The fourth-order valence-corrected chi connectivity index (χ4v) is 3.07. The monoisotopic (exact) mass is 259 g/mol. The van der Waals surface area contributed by atoms with Crippen molar-refractivity contribution in [1.82, 2.24) is 4.90 Å². The van der Waals surface area contributed by atoms with Crippen LogP contribution in [-0.4, -0.2) is 50.7 Å². The van der Waals surface area contributed by atoms with Crippen LogP contribution in [0, 0.1) is 0 Å². The zero-order chi connectivity index (χ0) is 13.1. The van der Waals surface area contributed by atoms with Gasteiger partial charge in [0, 0.05) is 19.2 Å². The average Bonchev–Trinajstić information content (AvgIpc) is 2.63. The average molecular weight is 259 g/mol. The summed E-state index contributed by atoms with van der Waals surface area (Å²) < 4.78 is 6.16. The van der Waals surface area contributed by atoms with Gasteiger partial charge < -0.3 is 9.53 Å². The molecule has 102 valence electrons. The Labute approximate surface area is 107 Å². The highest BCUT2D eigenvalue weighted by molar-refractivity contribution is 6.74. The Hall–Kier alpha value is 0.0969. The SMILES string of the molecule is CC(C)(C)[Si](C)(C)OCCN1CCC[C@H]1CO. The van der Waals surface area contributed by atoms with Crippen molar-refractivity contribution in [2.24, 2.45) is 0 Å². The Morgan fingerprint density at radius 1 is 1.35 bits per heavy atom. The second kappa shape index (κ2) is 5.82. The zero-order valence-electron chi connectivity index (χ0n) is 12.1. The van der Waals surface area contributed by atoms with Crippen LogP contribution in [0.1, 0.15) is 33.6 Å². The summed E-state index contributed by atoms with van der Waals surface area (Å²) in [5.74, 6) is 0. The predicted octanol–water partition coefficient (Wildman–Crippen LogP) is 2.46. The quantitative estimate of drug-likeness (QED) is 0.770. The van der Waals surface area contributed by atoms with Crippen molar-refractivity contribution in [3.63, 3.8) is 0 Å². The van der Waals surface area contributed by atoms with Gasteiger partial charge in [0.25, 0.3) is 0 Å². The molecular weight excluding hydrogens is 230 g/mol. The standard InChI is InChI=1S/C13H29NO2Si/c1-13(2,3)17(4,5)16-10-9-14-8-6-7-12(14)11-15/h12,15H,6-11H2,1-5H3/t12-/m0/s1. The highest BCUT2D eigenvalue weighted by Gasteiger charge is 2.37. The predicted molar refractivity (Wildman–Crippen MR) is 74.8 cm³/mol. The van der Waals surface area contributed by atoms with Gasteiger partial charge in [-0.15, -0.1) is 0 Å². The van der Waals surface area contributed by atoms with E-state index in [2.05, 4.69) is 38.8 Å². The second-order valence-electron chi connectivity index (χ2n) is 6.62. The molecule has 0 aromatic rings. The summed E-state index contributed by atoms with van der Waals surface area (Å²) in [7, 11) is -1.60. The zero-order valence-corrected chi connectivity index (χ0v) is 13.1. The summed E-state index contributed by atoms with van der Waals surface area (Å²) in [5, 5.41) is 9.54. The molecule has 1 aliphatic rings. The van der Waals surface area contributed by atoms with E-state index in [-0.39, 0.29) is 5.04 Å². The summed E-state index contributed by atoms with van der Waals surface area (Å²) in [6.45, 7) is 14.6. The largest absolute Gasteiger partial charge is 0.416 e. The van der Waals surface area contributed by atoms with E-state index in [1.165, 1.54) is 6.42 Å². The first kappa shape index (κ1) is 15.2. The number of rotatable bonds is 5. The molecule has 1 fully saturated rings. The van der Waals surface area contributed by atoms with Crippen molar-refractivity contribution >= 4 is 8.32 Å². The lowest BCUT2D eigenvalue weighted by molar-refractivity contribution is 0.136. The molecule has 17 heavy (non-hydrogen) atoms. The maximum Gasteiger partial charge on any atom is 0.192 e. The van der Waals surface area contributed by atoms with Gasteiger partial charge in [0.2, 0.25) is 0 Å². The lowest BCUT2D eigenvalue weighted by Crippen LogP contribution is -2.43. The molecule has 0 saturated carbocycles. The maximum atomic E-state index is 9.25. The Kier molecular flexibility index (Phi) is 5.19. The first-order valence-corrected chi connectivity index (χ1v) is 9.67. The third-order valence-electron chi connectivity index (χ3n) is 4.36. The van der Waals surface area contributed by atoms with Gasteiger partial charge in [-0.25, -0.2) is 0 Å². The Morgan fingerprint density at radius 3 is 2.53 bits per heavy atom. The van der Waals surface area contributed by atoms with Crippen LogP contribution < -0.4 is 0 Å². The van der Waals surface area contributed by atoms with E-state index in [1.807, 2.05) is 0 Å². The number of likely N-dealkylation sites (tertiary alicyclic amines) is 1. The topological polar surface area (TPSA) is 32.7 Å². The third kappa shape index (κ3) is 4.05. The Balaban J connectivity index is 2.32. The molecule has 1 saturated heterocycles. The molecule has 4 heteroatoms. The molecule has 1 rings (SSSR count). The van der Waals surface area contributed by atoms with E-state index in [1.54, 1.807) is 0 Å². The minimum Gasteiger partial charge on any atom is -0.416 e. The molecular formula is C13H29NO2Si. The minimum absolute atomic E-state index is 0.286. The van der Waals surface area contributed by atoms with Gasteiger partial charge in [0.1, 0.15) is 0 Å². The molecule has 1 aliphatic heterocycles. The van der Waals surface area contributed by atoms with Crippen molar-refractivity contribution in [2.45, 2.75) is 57.8 Å². The molecule has 0 aromatic carbocycles. The minimum atomic E-state index is -1.60. The van der Waals surface area contributed by atoms with Crippen molar-refractivity contribution < 1.29 is 9.53 Å². The molecule has 0 amide bonds. The highest BCUT2D eigenvalue weighted by atomic mass is 28.4. The molecule has 1 atom stereocenters. The number of nitrogens with zero attached hydrogens (tertiary/aromatic N) is 1. The van der Waals surface area contributed by atoms with Crippen LogP contribution in [0.25, 0.3) is 0 Å². The first-order chi connectivity index (χ1) is 7.78. The lowest BCUT2D eigenvalue weighted by Gasteiger charge is -2.37. The summed E-state index contributed by atoms with van der Waals surface area (Å²) in [5.41, 5.74) is 0. The van der Waals surface area contributed by atoms with Gasteiger partial charge >= 0.3 is 0 Å². The van der Waals surface area contributed by atoms with Crippen molar-refractivity contribution in [1.29, 1.82) is 0 Å². The summed E-state index contributed by atoms with van der Waals surface area (Å²) >= 11 is 0. The van der Waals surface area contributed by atoms with Crippen LogP contribution in [0.2, 0.25) is 18.1 Å². The molecule has 0 aliphatic carbocycles. The summed E-state index contributed by atoms with van der Waals surface area (Å²) in [4.78, 5) is 2.37. The molecule has 0 spiro atoms. The van der Waals surface area contributed by atoms with E-state index in [9.17, 15) is 5.11 Å². The number of hydrogen-bond acceptors (Lipinski definition) is 3. The van der Waals surface area contributed by atoms with Crippen LogP contribution in [0.4, 0.5) is 0 Å². The normalized spacial score (nSPS) is 23.3. The van der Waals surface area contributed by atoms with Crippen LogP contribution in [0.15, 0.2) is 0 Å². The van der Waals surface area contributed by atoms with Gasteiger partial charge in [-0.3, -0.25) is 4.90 Å². The fraction of sp³-hybridized carbons (Fsp3) is 1.00. The van der Waals surface area contributed by atoms with E-state index in [4.69, 9.17) is 4.43 Å². The molecule has 3 nitrogen and oxygen atoms in total. The molecule has 0 radical (unpaired) electrons. The maximum absolute atomic E-state index is 9.25. The van der Waals surface area contributed by atoms with E-state index < -0.39 is 8.32 Å². The van der Waals surface area contributed by atoms with Crippen LogP contribution in [0.3, 0.4) is 0 Å². The molecule has 0 aromatic heterocycles. The van der Waals surface area contributed by atoms with Crippen molar-refractivity contribution in [3.05, 3.63) is 0 Å². The fourth-order valence-electron chi connectivity index (χ4n) is 2.03. The molecule has 1 N–H and O–H groups in total. The van der Waals surface area contributed by atoms with Gasteiger partial charge in [0.05, 0.1) is 6.61 Å². The molecule has 1 heterocycles. The van der Waals surface area contributed by atoms with Gasteiger partial charge in [-0.2, -0.15) is 0 Å². The Morgan fingerprint density at radius 2 is 2.00 bits per heavy atom. The first-order valence-electron chi connectivity index (χ1n) is 6.77. The smallest absolute Gasteiger partial charge is 0.192 e. The van der Waals surface area contributed by atoms with Crippen LogP contribution in [0.5, 0.6) is 0 Å².